The summed E-state index contributed by atoms with van der Waals surface area (Å²) in [7, 11) is 0. The van der Waals surface area contributed by atoms with E-state index in [-0.39, 0.29) is 25.2 Å². The second-order valence-corrected chi connectivity index (χ2v) is 7.96. The van der Waals surface area contributed by atoms with Gasteiger partial charge in [0.2, 0.25) is 0 Å². The standard InChI is InChI=1S/C22H42O7/c1-5-6-7-8-9-10-11-12-20(23)28-18-17-26-14-13-25-15-16-27-19-21(24)29-22(2,3)4/h5-19H2,1-4H3. The van der Waals surface area contributed by atoms with Crippen LogP contribution in [0.2, 0.25) is 0 Å². The lowest BCUT2D eigenvalue weighted by Crippen LogP contribution is -2.27. The number of hydrogen-bond acceptors (Lipinski definition) is 7. The van der Waals surface area contributed by atoms with Gasteiger partial charge in [-0.15, -0.1) is 0 Å². The molecule has 0 saturated carbocycles. The molecule has 172 valence electrons. The molecule has 0 aliphatic heterocycles. The summed E-state index contributed by atoms with van der Waals surface area (Å²) in [6.45, 7) is 9.72. The molecule has 7 heteroatoms. The molecule has 0 rings (SSSR count). The molecule has 0 aromatic heterocycles. The van der Waals surface area contributed by atoms with E-state index >= 15 is 0 Å². The van der Waals surface area contributed by atoms with E-state index in [1.165, 1.54) is 32.1 Å². The van der Waals surface area contributed by atoms with Crippen molar-refractivity contribution in [1.82, 2.24) is 0 Å². The predicted octanol–water partition coefficient (Wildman–Crippen LogP) is 4.06. The summed E-state index contributed by atoms with van der Waals surface area (Å²) < 4.78 is 26.1. The molecule has 0 bridgehead atoms. The topological polar surface area (TPSA) is 80.3 Å². The summed E-state index contributed by atoms with van der Waals surface area (Å²) in [4.78, 5) is 23.0. The van der Waals surface area contributed by atoms with E-state index < -0.39 is 5.60 Å². The van der Waals surface area contributed by atoms with Gasteiger partial charge in [-0.3, -0.25) is 4.79 Å². The Morgan fingerprint density at radius 1 is 0.655 bits per heavy atom. The van der Waals surface area contributed by atoms with Crippen LogP contribution in [0.4, 0.5) is 0 Å². The normalized spacial score (nSPS) is 11.4. The largest absolute Gasteiger partial charge is 0.463 e. The fraction of sp³-hybridized carbons (Fsp3) is 0.909. The number of ether oxygens (including phenoxy) is 5. The second kappa shape index (κ2) is 18.8. The van der Waals surface area contributed by atoms with E-state index in [0.29, 0.717) is 39.5 Å². The molecule has 0 spiro atoms. The summed E-state index contributed by atoms with van der Waals surface area (Å²) in [6.07, 6.45) is 8.78. The van der Waals surface area contributed by atoms with Crippen molar-refractivity contribution in [2.75, 3.05) is 46.2 Å². The third-order valence-electron chi connectivity index (χ3n) is 3.86. The first-order chi connectivity index (χ1) is 13.8. The maximum absolute atomic E-state index is 11.6. The zero-order chi connectivity index (χ0) is 21.8. The van der Waals surface area contributed by atoms with Gasteiger partial charge >= 0.3 is 11.9 Å². The highest BCUT2D eigenvalue weighted by molar-refractivity contribution is 5.71. The second-order valence-electron chi connectivity index (χ2n) is 7.96. The van der Waals surface area contributed by atoms with Gasteiger partial charge in [-0.1, -0.05) is 45.4 Å². The van der Waals surface area contributed by atoms with E-state index in [0.717, 1.165) is 12.8 Å². The molecule has 0 aromatic rings. The minimum Gasteiger partial charge on any atom is -0.463 e. The molecule has 0 amide bonds. The van der Waals surface area contributed by atoms with Crippen LogP contribution in [0, 0.1) is 0 Å². The summed E-state index contributed by atoms with van der Waals surface area (Å²) in [5, 5.41) is 0. The van der Waals surface area contributed by atoms with E-state index in [1.54, 1.807) is 0 Å². The molecule has 0 unspecified atom stereocenters. The van der Waals surface area contributed by atoms with Crippen LogP contribution in [0.15, 0.2) is 0 Å². The number of hydrogen-bond donors (Lipinski definition) is 0. The van der Waals surface area contributed by atoms with Crippen molar-refractivity contribution in [2.45, 2.75) is 84.7 Å². The fourth-order valence-corrected chi connectivity index (χ4v) is 2.48. The lowest BCUT2D eigenvalue weighted by molar-refractivity contribution is -0.160. The summed E-state index contributed by atoms with van der Waals surface area (Å²) in [6, 6.07) is 0. The number of esters is 2. The third kappa shape index (κ3) is 23.0. The van der Waals surface area contributed by atoms with Crippen molar-refractivity contribution in [3.8, 4) is 0 Å². The monoisotopic (exact) mass is 418 g/mol. The van der Waals surface area contributed by atoms with Gasteiger partial charge in [0.1, 0.15) is 18.8 Å². The van der Waals surface area contributed by atoms with E-state index in [4.69, 9.17) is 23.7 Å². The summed E-state index contributed by atoms with van der Waals surface area (Å²) in [5.74, 6) is -0.539. The van der Waals surface area contributed by atoms with E-state index in [1.807, 2.05) is 20.8 Å². The quantitative estimate of drug-likeness (QED) is 0.231. The van der Waals surface area contributed by atoms with Gasteiger partial charge in [0.15, 0.2) is 0 Å². The lowest BCUT2D eigenvalue weighted by atomic mass is 10.1. The van der Waals surface area contributed by atoms with Crippen molar-refractivity contribution >= 4 is 11.9 Å². The Balaban J connectivity index is 3.27. The first kappa shape index (κ1) is 27.8. The summed E-state index contributed by atoms with van der Waals surface area (Å²) >= 11 is 0. The van der Waals surface area contributed by atoms with E-state index in [9.17, 15) is 9.59 Å². The molecular formula is C22H42O7. The van der Waals surface area contributed by atoms with Crippen LogP contribution in [0.25, 0.3) is 0 Å². The molecule has 7 nitrogen and oxygen atoms in total. The SMILES string of the molecule is CCCCCCCCCC(=O)OCCOCCOCCOCC(=O)OC(C)(C)C. The van der Waals surface area contributed by atoms with Crippen LogP contribution in [0.3, 0.4) is 0 Å². The van der Waals surface area contributed by atoms with Gasteiger partial charge in [-0.2, -0.15) is 0 Å². The first-order valence-corrected chi connectivity index (χ1v) is 11.0. The molecule has 0 N–H and O–H groups in total. The fourth-order valence-electron chi connectivity index (χ4n) is 2.48. The zero-order valence-corrected chi connectivity index (χ0v) is 19.0. The Morgan fingerprint density at radius 3 is 1.76 bits per heavy atom. The highest BCUT2D eigenvalue weighted by Crippen LogP contribution is 2.09. The Labute approximate surface area is 176 Å². The lowest BCUT2D eigenvalue weighted by Gasteiger charge is -2.19. The van der Waals surface area contributed by atoms with Gasteiger partial charge in [0.05, 0.1) is 33.0 Å². The smallest absolute Gasteiger partial charge is 0.332 e. The molecule has 29 heavy (non-hydrogen) atoms. The van der Waals surface area contributed by atoms with Gasteiger partial charge < -0.3 is 23.7 Å². The summed E-state index contributed by atoms with van der Waals surface area (Å²) in [5.41, 5.74) is -0.503. The molecule has 0 aliphatic carbocycles. The van der Waals surface area contributed by atoms with Crippen LogP contribution < -0.4 is 0 Å². The van der Waals surface area contributed by atoms with Crippen molar-refractivity contribution in [3.05, 3.63) is 0 Å². The maximum atomic E-state index is 11.6. The molecule has 0 fully saturated rings. The molecule has 0 aliphatic rings. The van der Waals surface area contributed by atoms with Crippen LogP contribution >= 0.6 is 0 Å². The van der Waals surface area contributed by atoms with E-state index in [2.05, 4.69) is 6.92 Å². The van der Waals surface area contributed by atoms with Gasteiger partial charge in [-0.25, -0.2) is 4.79 Å². The average Bonchev–Trinajstić information content (AvgIpc) is 2.64. The predicted molar refractivity (Wildman–Crippen MR) is 112 cm³/mol. The van der Waals surface area contributed by atoms with Crippen molar-refractivity contribution in [3.63, 3.8) is 0 Å². The zero-order valence-electron chi connectivity index (χ0n) is 19.0. The maximum Gasteiger partial charge on any atom is 0.332 e. The van der Waals surface area contributed by atoms with Crippen molar-refractivity contribution in [1.29, 1.82) is 0 Å². The van der Waals surface area contributed by atoms with Crippen molar-refractivity contribution < 1.29 is 33.3 Å². The van der Waals surface area contributed by atoms with Gasteiger partial charge in [-0.05, 0) is 27.2 Å². The highest BCUT2D eigenvalue weighted by Gasteiger charge is 2.15. The van der Waals surface area contributed by atoms with Crippen LogP contribution in [0.5, 0.6) is 0 Å². The average molecular weight is 419 g/mol. The Hall–Kier alpha value is -1.18. The first-order valence-electron chi connectivity index (χ1n) is 11.0. The Morgan fingerprint density at radius 2 is 1.17 bits per heavy atom. The third-order valence-corrected chi connectivity index (χ3v) is 3.86. The van der Waals surface area contributed by atoms with Gasteiger partial charge in [0.25, 0.3) is 0 Å². The Kier molecular flexibility index (Phi) is 18.1. The van der Waals surface area contributed by atoms with Gasteiger partial charge in [0, 0.05) is 6.42 Å². The van der Waals surface area contributed by atoms with Crippen molar-refractivity contribution in [2.24, 2.45) is 0 Å². The number of carbonyl (C=O) groups is 2. The molecule has 0 atom stereocenters. The highest BCUT2D eigenvalue weighted by atomic mass is 16.6. The number of carbonyl (C=O) groups excluding carboxylic acids is 2. The minimum absolute atomic E-state index is 0.0820. The Bertz CT molecular complexity index is 404. The molecule has 0 radical (unpaired) electrons. The molecule has 0 saturated heterocycles. The molecule has 0 aromatic carbocycles. The van der Waals surface area contributed by atoms with Crippen LogP contribution in [0.1, 0.15) is 79.1 Å². The molecular weight excluding hydrogens is 376 g/mol. The number of rotatable bonds is 19. The minimum atomic E-state index is -0.503. The van der Waals surface area contributed by atoms with Crippen LogP contribution in [-0.4, -0.2) is 63.8 Å². The molecule has 0 heterocycles. The van der Waals surface area contributed by atoms with Crippen LogP contribution in [-0.2, 0) is 33.3 Å². The number of unbranched alkanes of at least 4 members (excludes halogenated alkanes) is 6.